The molecule has 2 saturated heterocycles. The number of benzene rings is 1. The van der Waals surface area contributed by atoms with Crippen molar-refractivity contribution in [3.05, 3.63) is 29.8 Å². The highest BCUT2D eigenvalue weighted by Gasteiger charge is 2.39. The minimum atomic E-state index is -3.34. The Morgan fingerprint density at radius 1 is 1.00 bits per heavy atom. The molecule has 1 aromatic carbocycles. The highest BCUT2D eigenvalue weighted by molar-refractivity contribution is 7.86. The molecule has 1 aromatic rings. The van der Waals surface area contributed by atoms with Crippen molar-refractivity contribution in [3.8, 4) is 5.75 Å². The third-order valence-electron chi connectivity index (χ3n) is 4.64. The number of hydrogen-bond donors (Lipinski definition) is 0. The molecule has 0 spiro atoms. The molecule has 6 heteroatoms. The predicted molar refractivity (Wildman–Crippen MR) is 86.0 cm³/mol. The largest absolute Gasteiger partial charge is 0.497 e. The summed E-state index contributed by atoms with van der Waals surface area (Å²) < 4.78 is 34.4. The number of rotatable bonds is 4. The standard InChI is InChI=1S/C16H24N2O3S/c1-21-15-9-7-14(8-10-15)16-6-5-13-18(16)22(19,20)17-11-3-2-4-12-17/h7-10,16H,2-6,11-13H2,1H3/t16-/m1/s1. The smallest absolute Gasteiger partial charge is 0.282 e. The van der Waals surface area contributed by atoms with E-state index in [9.17, 15) is 8.42 Å². The van der Waals surface area contributed by atoms with Crippen LogP contribution in [0.4, 0.5) is 0 Å². The van der Waals surface area contributed by atoms with E-state index in [-0.39, 0.29) is 6.04 Å². The molecule has 2 aliphatic rings. The Hall–Kier alpha value is -1.11. The van der Waals surface area contributed by atoms with E-state index < -0.39 is 10.2 Å². The minimum absolute atomic E-state index is 0.0437. The summed E-state index contributed by atoms with van der Waals surface area (Å²) in [5, 5.41) is 0. The van der Waals surface area contributed by atoms with Gasteiger partial charge in [0.05, 0.1) is 13.2 Å². The molecule has 2 heterocycles. The second-order valence-corrected chi connectivity index (χ2v) is 7.89. The number of ether oxygens (including phenoxy) is 1. The summed E-state index contributed by atoms with van der Waals surface area (Å²) in [5.41, 5.74) is 1.05. The summed E-state index contributed by atoms with van der Waals surface area (Å²) in [4.78, 5) is 0. The third-order valence-corrected chi connectivity index (χ3v) is 6.69. The van der Waals surface area contributed by atoms with Crippen LogP contribution in [-0.2, 0) is 10.2 Å². The van der Waals surface area contributed by atoms with Gasteiger partial charge in [0.1, 0.15) is 5.75 Å². The average molecular weight is 324 g/mol. The van der Waals surface area contributed by atoms with Crippen LogP contribution in [0, 0.1) is 0 Å². The normalized spacial score (nSPS) is 24.5. The molecule has 0 aromatic heterocycles. The summed E-state index contributed by atoms with van der Waals surface area (Å²) in [5.74, 6) is 0.798. The summed E-state index contributed by atoms with van der Waals surface area (Å²) in [6, 6.07) is 7.72. The molecule has 0 radical (unpaired) electrons. The molecular formula is C16H24N2O3S. The van der Waals surface area contributed by atoms with Crippen molar-refractivity contribution in [3.63, 3.8) is 0 Å². The van der Waals surface area contributed by atoms with Crippen molar-refractivity contribution >= 4 is 10.2 Å². The van der Waals surface area contributed by atoms with Crippen LogP contribution in [0.25, 0.3) is 0 Å². The van der Waals surface area contributed by atoms with Gasteiger partial charge in [0.2, 0.25) is 0 Å². The summed E-state index contributed by atoms with van der Waals surface area (Å²) >= 11 is 0. The molecular weight excluding hydrogens is 300 g/mol. The molecule has 0 N–H and O–H groups in total. The Bertz CT molecular complexity index is 594. The van der Waals surface area contributed by atoms with Crippen molar-refractivity contribution in [1.82, 2.24) is 8.61 Å². The maximum absolute atomic E-state index is 12.9. The van der Waals surface area contributed by atoms with Gasteiger partial charge in [-0.3, -0.25) is 0 Å². The molecule has 5 nitrogen and oxygen atoms in total. The molecule has 1 atom stereocenters. The predicted octanol–water partition coefficient (Wildman–Crippen LogP) is 2.56. The first kappa shape index (κ1) is 15.8. The molecule has 3 rings (SSSR count). The third kappa shape index (κ3) is 3.00. The number of methoxy groups -OCH3 is 1. The Labute approximate surface area is 133 Å². The molecule has 0 amide bonds. The van der Waals surface area contributed by atoms with Crippen LogP contribution in [0.3, 0.4) is 0 Å². The number of hydrogen-bond acceptors (Lipinski definition) is 3. The Kier molecular flexibility index (Phi) is 4.70. The minimum Gasteiger partial charge on any atom is -0.497 e. The second kappa shape index (κ2) is 6.56. The van der Waals surface area contributed by atoms with Gasteiger partial charge in [-0.25, -0.2) is 0 Å². The van der Waals surface area contributed by atoms with Crippen molar-refractivity contribution in [2.75, 3.05) is 26.7 Å². The van der Waals surface area contributed by atoms with Gasteiger partial charge < -0.3 is 4.74 Å². The van der Waals surface area contributed by atoms with E-state index in [4.69, 9.17) is 4.74 Å². The van der Waals surface area contributed by atoms with Gasteiger partial charge in [-0.05, 0) is 43.4 Å². The molecule has 0 aliphatic carbocycles. The fourth-order valence-electron chi connectivity index (χ4n) is 3.42. The van der Waals surface area contributed by atoms with E-state index in [1.54, 1.807) is 15.7 Å². The van der Waals surface area contributed by atoms with E-state index in [1.807, 2.05) is 24.3 Å². The fraction of sp³-hybridized carbons (Fsp3) is 0.625. The molecule has 122 valence electrons. The first-order valence-electron chi connectivity index (χ1n) is 8.04. The zero-order valence-electron chi connectivity index (χ0n) is 13.1. The molecule has 2 fully saturated rings. The van der Waals surface area contributed by atoms with E-state index in [0.29, 0.717) is 19.6 Å². The topological polar surface area (TPSA) is 49.9 Å². The molecule has 2 aliphatic heterocycles. The van der Waals surface area contributed by atoms with Crippen LogP contribution < -0.4 is 4.74 Å². The monoisotopic (exact) mass is 324 g/mol. The number of nitrogens with zero attached hydrogens (tertiary/aromatic N) is 2. The van der Waals surface area contributed by atoms with Crippen LogP contribution in [0.1, 0.15) is 43.7 Å². The molecule has 0 saturated carbocycles. The van der Waals surface area contributed by atoms with Crippen molar-refractivity contribution in [1.29, 1.82) is 0 Å². The van der Waals surface area contributed by atoms with Crippen molar-refractivity contribution < 1.29 is 13.2 Å². The average Bonchev–Trinajstić information content (AvgIpc) is 3.06. The molecule has 22 heavy (non-hydrogen) atoms. The van der Waals surface area contributed by atoms with Crippen LogP contribution >= 0.6 is 0 Å². The van der Waals surface area contributed by atoms with Gasteiger partial charge in [-0.15, -0.1) is 0 Å². The zero-order chi connectivity index (χ0) is 15.6. The Balaban J connectivity index is 1.82. The molecule has 0 unspecified atom stereocenters. The van der Waals surface area contributed by atoms with Crippen molar-refractivity contribution in [2.24, 2.45) is 0 Å². The zero-order valence-corrected chi connectivity index (χ0v) is 13.9. The van der Waals surface area contributed by atoms with E-state index >= 15 is 0 Å². The van der Waals surface area contributed by atoms with Gasteiger partial charge in [0, 0.05) is 19.6 Å². The van der Waals surface area contributed by atoms with Gasteiger partial charge in [0.15, 0.2) is 0 Å². The van der Waals surface area contributed by atoms with Crippen LogP contribution in [0.15, 0.2) is 24.3 Å². The summed E-state index contributed by atoms with van der Waals surface area (Å²) in [7, 11) is -1.70. The van der Waals surface area contributed by atoms with Crippen LogP contribution in [0.2, 0.25) is 0 Å². The maximum Gasteiger partial charge on any atom is 0.282 e. The molecule has 0 bridgehead atoms. The van der Waals surface area contributed by atoms with E-state index in [1.165, 1.54) is 0 Å². The highest BCUT2D eigenvalue weighted by atomic mass is 32.2. The second-order valence-electron chi connectivity index (χ2n) is 6.01. The van der Waals surface area contributed by atoms with Crippen LogP contribution in [-0.4, -0.2) is 43.8 Å². The highest BCUT2D eigenvalue weighted by Crippen LogP contribution is 2.36. The Morgan fingerprint density at radius 2 is 1.68 bits per heavy atom. The fourth-order valence-corrected chi connectivity index (χ4v) is 5.34. The van der Waals surface area contributed by atoms with Gasteiger partial charge in [-0.2, -0.15) is 17.0 Å². The maximum atomic E-state index is 12.9. The SMILES string of the molecule is COc1ccc([C@H]2CCCN2S(=O)(=O)N2CCCCC2)cc1. The van der Waals surface area contributed by atoms with Gasteiger partial charge >= 0.3 is 0 Å². The van der Waals surface area contributed by atoms with Gasteiger partial charge in [-0.1, -0.05) is 18.6 Å². The van der Waals surface area contributed by atoms with E-state index in [2.05, 4.69) is 0 Å². The quantitative estimate of drug-likeness (QED) is 0.855. The number of piperidine rings is 1. The lowest BCUT2D eigenvalue weighted by molar-refractivity contribution is 0.296. The van der Waals surface area contributed by atoms with E-state index in [0.717, 1.165) is 43.4 Å². The summed E-state index contributed by atoms with van der Waals surface area (Å²) in [6.45, 7) is 1.94. The first-order chi connectivity index (χ1) is 10.6. The summed E-state index contributed by atoms with van der Waals surface area (Å²) in [6.07, 6.45) is 4.89. The lowest BCUT2D eigenvalue weighted by Crippen LogP contribution is -2.45. The lowest BCUT2D eigenvalue weighted by atomic mass is 10.1. The van der Waals surface area contributed by atoms with Crippen molar-refractivity contribution in [2.45, 2.75) is 38.1 Å². The first-order valence-corrected chi connectivity index (χ1v) is 9.43. The Morgan fingerprint density at radius 3 is 2.32 bits per heavy atom. The van der Waals surface area contributed by atoms with Gasteiger partial charge in [0.25, 0.3) is 10.2 Å². The van der Waals surface area contributed by atoms with Crippen LogP contribution in [0.5, 0.6) is 5.75 Å². The lowest BCUT2D eigenvalue weighted by Gasteiger charge is -2.33.